The molecule has 2 atom stereocenters. The standard InChI is InChI=1S/C20H39N5O2.HI/c1-5-24-12-7-9-17(24)14-23-18(21)22-11-10-16-8-6-13-25(15-16)19(26)27-20(2,3)4;/h16-17H,5-15H2,1-4H3,(H3,21,22,23);1H. The molecule has 0 radical (unpaired) electrons. The molecule has 2 rings (SSSR count). The quantitative estimate of drug-likeness (QED) is 0.327. The number of hydrogen-bond acceptors (Lipinski definition) is 4. The molecule has 0 spiro atoms. The predicted molar refractivity (Wildman–Crippen MR) is 125 cm³/mol. The highest BCUT2D eigenvalue weighted by Crippen LogP contribution is 2.21. The molecule has 0 aliphatic carbocycles. The van der Waals surface area contributed by atoms with Crippen molar-refractivity contribution in [3.8, 4) is 0 Å². The number of likely N-dealkylation sites (N-methyl/N-ethyl adjacent to an activating group) is 1. The van der Waals surface area contributed by atoms with Crippen molar-refractivity contribution < 1.29 is 9.53 Å². The van der Waals surface area contributed by atoms with Gasteiger partial charge in [-0.1, -0.05) is 6.92 Å². The van der Waals surface area contributed by atoms with Crippen molar-refractivity contribution in [2.45, 2.75) is 71.4 Å². The van der Waals surface area contributed by atoms with Gasteiger partial charge in [-0.3, -0.25) is 9.89 Å². The fraction of sp³-hybridized carbons (Fsp3) is 0.900. The molecule has 2 aliphatic heterocycles. The molecule has 8 heteroatoms. The number of hydrogen-bond donors (Lipinski definition) is 2. The lowest BCUT2D eigenvalue weighted by atomic mass is 9.95. The predicted octanol–water partition coefficient (Wildman–Crippen LogP) is 3.03. The number of nitrogens with two attached hydrogens (primary N) is 1. The molecule has 2 saturated heterocycles. The van der Waals surface area contributed by atoms with E-state index in [2.05, 4.69) is 22.1 Å². The lowest BCUT2D eigenvalue weighted by molar-refractivity contribution is 0.0162. The summed E-state index contributed by atoms with van der Waals surface area (Å²) in [5.74, 6) is 1.02. The van der Waals surface area contributed by atoms with Crippen molar-refractivity contribution in [2.75, 3.05) is 39.3 Å². The zero-order valence-electron chi connectivity index (χ0n) is 18.1. The summed E-state index contributed by atoms with van der Waals surface area (Å²) in [6, 6.07) is 0.538. The molecule has 2 heterocycles. The van der Waals surface area contributed by atoms with Crippen LogP contribution in [0.3, 0.4) is 0 Å². The summed E-state index contributed by atoms with van der Waals surface area (Å²) < 4.78 is 5.50. The van der Waals surface area contributed by atoms with E-state index in [9.17, 15) is 4.79 Å². The van der Waals surface area contributed by atoms with Crippen molar-refractivity contribution in [1.82, 2.24) is 15.1 Å². The van der Waals surface area contributed by atoms with E-state index in [4.69, 9.17) is 10.5 Å². The summed E-state index contributed by atoms with van der Waals surface area (Å²) in [4.78, 5) is 21.1. The molecule has 0 aromatic heterocycles. The lowest BCUT2D eigenvalue weighted by Crippen LogP contribution is -2.43. The fourth-order valence-electron chi connectivity index (χ4n) is 3.98. The van der Waals surface area contributed by atoms with Crippen molar-refractivity contribution in [2.24, 2.45) is 16.6 Å². The van der Waals surface area contributed by atoms with E-state index in [0.29, 0.717) is 17.9 Å². The number of carbonyl (C=O) groups is 1. The Morgan fingerprint density at radius 1 is 1.25 bits per heavy atom. The third-order valence-corrected chi connectivity index (χ3v) is 5.41. The summed E-state index contributed by atoms with van der Waals surface area (Å²) in [6.45, 7) is 13.3. The summed E-state index contributed by atoms with van der Waals surface area (Å²) in [7, 11) is 0. The second kappa shape index (κ2) is 12.0. The average Bonchev–Trinajstić information content (AvgIpc) is 3.06. The van der Waals surface area contributed by atoms with Crippen LogP contribution in [-0.4, -0.2) is 72.8 Å². The number of piperidine rings is 1. The largest absolute Gasteiger partial charge is 0.444 e. The average molecular weight is 509 g/mol. The minimum Gasteiger partial charge on any atom is -0.444 e. The maximum absolute atomic E-state index is 12.2. The lowest BCUT2D eigenvalue weighted by Gasteiger charge is -2.34. The van der Waals surface area contributed by atoms with Gasteiger partial charge in [-0.05, 0) is 71.9 Å². The Balaban J connectivity index is 0.00000392. The summed E-state index contributed by atoms with van der Waals surface area (Å²) in [5, 5.41) is 3.24. The van der Waals surface area contributed by atoms with Gasteiger partial charge in [0.15, 0.2) is 5.96 Å². The molecule has 2 fully saturated rings. The van der Waals surface area contributed by atoms with Crippen molar-refractivity contribution in [3.63, 3.8) is 0 Å². The third-order valence-electron chi connectivity index (χ3n) is 5.41. The van der Waals surface area contributed by atoms with Crippen LogP contribution >= 0.6 is 24.0 Å². The van der Waals surface area contributed by atoms with Gasteiger partial charge >= 0.3 is 6.09 Å². The molecule has 0 aromatic carbocycles. The molecule has 1 amide bonds. The van der Waals surface area contributed by atoms with Crippen molar-refractivity contribution in [3.05, 3.63) is 0 Å². The van der Waals surface area contributed by atoms with Gasteiger partial charge in [0.2, 0.25) is 0 Å². The number of nitrogens with zero attached hydrogens (tertiary/aromatic N) is 3. The van der Waals surface area contributed by atoms with Crippen LogP contribution in [0.2, 0.25) is 0 Å². The number of carbonyl (C=O) groups excluding carboxylic acids is 1. The number of halogens is 1. The Morgan fingerprint density at radius 3 is 2.64 bits per heavy atom. The number of guanidine groups is 1. The second-order valence-electron chi connectivity index (χ2n) is 8.80. The maximum atomic E-state index is 12.2. The highest BCUT2D eigenvalue weighted by atomic mass is 127. The first-order valence-electron chi connectivity index (χ1n) is 10.5. The van der Waals surface area contributed by atoms with Gasteiger partial charge in [0.25, 0.3) is 0 Å². The first kappa shape index (κ1) is 25.3. The van der Waals surface area contributed by atoms with Gasteiger partial charge in [0.1, 0.15) is 5.60 Å². The topological polar surface area (TPSA) is 83.2 Å². The van der Waals surface area contributed by atoms with Gasteiger partial charge < -0.3 is 20.7 Å². The Labute approximate surface area is 187 Å². The SMILES string of the molecule is CCN1CCCC1CN=C(N)NCCC1CCCN(C(=O)OC(C)(C)C)C1.I. The molecule has 2 unspecified atom stereocenters. The van der Waals surface area contributed by atoms with E-state index in [-0.39, 0.29) is 30.1 Å². The molecule has 0 saturated carbocycles. The number of likely N-dealkylation sites (tertiary alicyclic amines) is 2. The summed E-state index contributed by atoms with van der Waals surface area (Å²) >= 11 is 0. The van der Waals surface area contributed by atoms with Gasteiger partial charge in [-0.15, -0.1) is 24.0 Å². The molecular weight excluding hydrogens is 469 g/mol. The first-order valence-corrected chi connectivity index (χ1v) is 10.5. The number of nitrogens with one attached hydrogen (secondary N) is 1. The Morgan fingerprint density at radius 2 is 1.96 bits per heavy atom. The Hall–Kier alpha value is -0.770. The normalized spacial score (nSPS) is 24.0. The summed E-state index contributed by atoms with van der Waals surface area (Å²) in [5.41, 5.74) is 5.59. The molecule has 0 bridgehead atoms. The van der Waals surface area contributed by atoms with Crippen LogP contribution in [0.5, 0.6) is 0 Å². The molecule has 28 heavy (non-hydrogen) atoms. The Kier molecular flexibility index (Phi) is 10.9. The van der Waals surface area contributed by atoms with Crippen molar-refractivity contribution in [1.29, 1.82) is 0 Å². The van der Waals surface area contributed by atoms with Gasteiger partial charge in [0, 0.05) is 25.7 Å². The van der Waals surface area contributed by atoms with E-state index in [0.717, 1.165) is 52.0 Å². The van der Waals surface area contributed by atoms with Crippen LogP contribution in [0, 0.1) is 5.92 Å². The summed E-state index contributed by atoms with van der Waals surface area (Å²) in [6.07, 6.45) is 5.44. The van der Waals surface area contributed by atoms with Gasteiger partial charge in [0.05, 0.1) is 6.54 Å². The highest BCUT2D eigenvalue weighted by Gasteiger charge is 2.27. The van der Waals surface area contributed by atoms with E-state index in [1.807, 2.05) is 25.7 Å². The monoisotopic (exact) mass is 509 g/mol. The zero-order chi connectivity index (χ0) is 19.9. The van der Waals surface area contributed by atoms with Crippen LogP contribution in [0.4, 0.5) is 4.79 Å². The number of amides is 1. The highest BCUT2D eigenvalue weighted by molar-refractivity contribution is 14.0. The molecule has 7 nitrogen and oxygen atoms in total. The molecule has 3 N–H and O–H groups in total. The van der Waals surface area contributed by atoms with Crippen molar-refractivity contribution >= 4 is 36.0 Å². The van der Waals surface area contributed by atoms with E-state index >= 15 is 0 Å². The number of ether oxygens (including phenoxy) is 1. The molecule has 2 aliphatic rings. The fourth-order valence-corrected chi connectivity index (χ4v) is 3.98. The van der Waals surface area contributed by atoms with Crippen LogP contribution < -0.4 is 11.1 Å². The van der Waals surface area contributed by atoms with E-state index in [1.54, 1.807) is 0 Å². The molecule has 164 valence electrons. The van der Waals surface area contributed by atoms with Gasteiger partial charge in [-0.2, -0.15) is 0 Å². The van der Waals surface area contributed by atoms with E-state index in [1.165, 1.54) is 19.4 Å². The number of aliphatic imine (C=N–C) groups is 1. The smallest absolute Gasteiger partial charge is 0.410 e. The minimum atomic E-state index is -0.441. The third kappa shape index (κ3) is 8.71. The number of rotatable bonds is 6. The molecular formula is C20H40IN5O2. The maximum Gasteiger partial charge on any atom is 0.410 e. The van der Waals surface area contributed by atoms with Crippen LogP contribution in [-0.2, 0) is 4.74 Å². The van der Waals surface area contributed by atoms with E-state index < -0.39 is 5.60 Å². The Bertz CT molecular complexity index is 509. The second-order valence-corrected chi connectivity index (χ2v) is 8.80. The zero-order valence-corrected chi connectivity index (χ0v) is 20.4. The first-order chi connectivity index (χ1) is 12.8. The van der Waals surface area contributed by atoms with Gasteiger partial charge in [-0.25, -0.2) is 4.79 Å². The minimum absolute atomic E-state index is 0. The van der Waals surface area contributed by atoms with Crippen LogP contribution in [0.1, 0.15) is 59.8 Å². The van der Waals surface area contributed by atoms with Crippen LogP contribution in [0.15, 0.2) is 4.99 Å². The molecule has 0 aromatic rings. The van der Waals surface area contributed by atoms with Crippen LogP contribution in [0.25, 0.3) is 0 Å².